The zero-order chi connectivity index (χ0) is 21.0. The van der Waals surface area contributed by atoms with Crippen molar-refractivity contribution in [3.8, 4) is 17.0 Å². The number of nitrogens with zero attached hydrogens (tertiary/aromatic N) is 2. The molecule has 0 aliphatic carbocycles. The first-order valence-electron chi connectivity index (χ1n) is 8.92. The van der Waals surface area contributed by atoms with Gasteiger partial charge in [0.1, 0.15) is 11.3 Å². The van der Waals surface area contributed by atoms with E-state index < -0.39 is 11.9 Å². The fourth-order valence-corrected chi connectivity index (χ4v) is 3.64. The van der Waals surface area contributed by atoms with Crippen LogP contribution < -0.4 is 4.74 Å². The van der Waals surface area contributed by atoms with Crippen LogP contribution in [0.25, 0.3) is 22.0 Å². The van der Waals surface area contributed by atoms with Crippen LogP contribution in [0.3, 0.4) is 0 Å². The number of carboxylic acids is 1. The smallest absolute Gasteiger partial charge is 0.342 e. The molecule has 0 unspecified atom stereocenters. The molecule has 0 saturated heterocycles. The van der Waals surface area contributed by atoms with Gasteiger partial charge in [-0.3, -0.25) is 4.79 Å². The standard InChI is InChI=1S/C21H20N2O5S/c1-4-28-20(26)17-12(2)22-21(29-11-16(24)25)23-19(17)18-14-8-6-5-7-13(14)9-10-15(18)27-3/h5-10H,4,11H2,1-3H3,(H,24,25). The fraction of sp³-hybridized carbons (Fsp3) is 0.238. The number of ether oxygens (including phenoxy) is 2. The molecule has 8 heteroatoms. The predicted octanol–water partition coefficient (Wildman–Crippen LogP) is 3.97. The number of hydrogen-bond donors (Lipinski definition) is 1. The van der Waals surface area contributed by atoms with Gasteiger partial charge in [-0.25, -0.2) is 14.8 Å². The molecule has 0 radical (unpaired) electrons. The SMILES string of the molecule is CCOC(=O)c1c(C)nc(SCC(=O)O)nc1-c1c(OC)ccc2ccccc12. The molecule has 1 N–H and O–H groups in total. The lowest BCUT2D eigenvalue weighted by atomic mass is 9.97. The van der Waals surface area contributed by atoms with Crippen molar-refractivity contribution in [2.24, 2.45) is 0 Å². The normalized spacial score (nSPS) is 10.7. The minimum absolute atomic E-state index is 0.190. The van der Waals surface area contributed by atoms with E-state index in [-0.39, 0.29) is 23.1 Å². The van der Waals surface area contributed by atoms with Crippen molar-refractivity contribution >= 4 is 34.5 Å². The number of carbonyl (C=O) groups is 2. The number of methoxy groups -OCH3 is 1. The first-order chi connectivity index (χ1) is 14.0. The van der Waals surface area contributed by atoms with Gasteiger partial charge >= 0.3 is 11.9 Å². The van der Waals surface area contributed by atoms with Gasteiger partial charge in [-0.15, -0.1) is 0 Å². The first kappa shape index (κ1) is 20.6. The summed E-state index contributed by atoms with van der Waals surface area (Å²) in [5, 5.41) is 11.1. The van der Waals surface area contributed by atoms with Crippen molar-refractivity contribution in [1.29, 1.82) is 0 Å². The molecule has 29 heavy (non-hydrogen) atoms. The van der Waals surface area contributed by atoms with Crippen LogP contribution in [-0.4, -0.2) is 46.5 Å². The lowest BCUT2D eigenvalue weighted by molar-refractivity contribution is -0.133. The average Bonchev–Trinajstić information content (AvgIpc) is 2.71. The third-order valence-corrected chi connectivity index (χ3v) is 5.05. The Morgan fingerprint density at radius 1 is 1.14 bits per heavy atom. The van der Waals surface area contributed by atoms with Gasteiger partial charge in [0, 0.05) is 0 Å². The number of hydrogen-bond acceptors (Lipinski definition) is 7. The maximum Gasteiger partial charge on any atom is 0.342 e. The van der Waals surface area contributed by atoms with E-state index in [4.69, 9.17) is 14.6 Å². The summed E-state index contributed by atoms with van der Waals surface area (Å²) in [5.41, 5.74) is 1.64. The molecule has 0 atom stereocenters. The summed E-state index contributed by atoms with van der Waals surface area (Å²) in [6, 6.07) is 11.4. The Hall–Kier alpha value is -3.13. The van der Waals surface area contributed by atoms with E-state index in [0.717, 1.165) is 22.5 Å². The molecule has 0 amide bonds. The number of thioether (sulfide) groups is 1. The van der Waals surface area contributed by atoms with E-state index >= 15 is 0 Å². The highest BCUT2D eigenvalue weighted by Gasteiger charge is 2.25. The van der Waals surface area contributed by atoms with E-state index in [9.17, 15) is 9.59 Å². The second kappa shape index (κ2) is 8.91. The summed E-state index contributed by atoms with van der Waals surface area (Å²) in [5.74, 6) is -1.16. The van der Waals surface area contributed by atoms with Gasteiger partial charge in [0.25, 0.3) is 0 Å². The summed E-state index contributed by atoms with van der Waals surface area (Å²) in [7, 11) is 1.55. The Bertz CT molecular complexity index is 1080. The molecule has 7 nitrogen and oxygen atoms in total. The number of aryl methyl sites for hydroxylation is 1. The number of esters is 1. The highest BCUT2D eigenvalue weighted by atomic mass is 32.2. The Kier molecular flexibility index (Phi) is 6.33. The Labute approximate surface area is 172 Å². The molecule has 2 aromatic carbocycles. The average molecular weight is 412 g/mol. The van der Waals surface area contributed by atoms with Gasteiger partial charge in [0.2, 0.25) is 0 Å². The largest absolute Gasteiger partial charge is 0.496 e. The summed E-state index contributed by atoms with van der Waals surface area (Å²) >= 11 is 0.989. The second-order valence-electron chi connectivity index (χ2n) is 6.08. The van der Waals surface area contributed by atoms with Crippen molar-refractivity contribution in [1.82, 2.24) is 9.97 Å². The Balaban J connectivity index is 2.33. The van der Waals surface area contributed by atoms with E-state index in [1.54, 1.807) is 21.0 Å². The monoisotopic (exact) mass is 412 g/mol. The Morgan fingerprint density at radius 3 is 2.59 bits per heavy atom. The molecule has 0 bridgehead atoms. The number of fused-ring (bicyclic) bond motifs is 1. The lowest BCUT2D eigenvalue weighted by Gasteiger charge is -2.16. The summed E-state index contributed by atoms with van der Waals surface area (Å²) in [6.45, 7) is 3.61. The molecule has 1 heterocycles. The number of carbonyl (C=O) groups excluding carboxylic acids is 1. The van der Waals surface area contributed by atoms with E-state index in [1.165, 1.54) is 0 Å². The maximum absolute atomic E-state index is 12.7. The number of carboxylic acid groups (broad SMARTS) is 1. The summed E-state index contributed by atoms with van der Waals surface area (Å²) < 4.78 is 10.8. The van der Waals surface area contributed by atoms with Gasteiger partial charge in [-0.05, 0) is 30.7 Å². The van der Waals surface area contributed by atoms with Crippen LogP contribution in [0.4, 0.5) is 0 Å². The van der Waals surface area contributed by atoms with E-state index in [2.05, 4.69) is 9.97 Å². The van der Waals surface area contributed by atoms with Crippen LogP contribution in [0.1, 0.15) is 23.0 Å². The van der Waals surface area contributed by atoms with Gasteiger partial charge in [-0.2, -0.15) is 0 Å². The zero-order valence-electron chi connectivity index (χ0n) is 16.3. The molecule has 0 fully saturated rings. The second-order valence-corrected chi connectivity index (χ2v) is 7.02. The molecular weight excluding hydrogens is 392 g/mol. The number of rotatable bonds is 7. The van der Waals surface area contributed by atoms with Crippen LogP contribution in [-0.2, 0) is 9.53 Å². The molecule has 0 saturated carbocycles. The number of aliphatic carboxylic acids is 1. The van der Waals surface area contributed by atoms with Crippen molar-refractivity contribution < 1.29 is 24.2 Å². The van der Waals surface area contributed by atoms with Crippen LogP contribution in [0.15, 0.2) is 41.6 Å². The third kappa shape index (κ3) is 4.32. The van der Waals surface area contributed by atoms with Gasteiger partial charge in [0.05, 0.1) is 36.4 Å². The molecular formula is C21H20N2O5S. The molecule has 150 valence electrons. The molecule has 0 spiro atoms. The fourth-order valence-electron chi connectivity index (χ4n) is 3.03. The zero-order valence-corrected chi connectivity index (χ0v) is 17.1. The highest BCUT2D eigenvalue weighted by molar-refractivity contribution is 7.99. The van der Waals surface area contributed by atoms with Gasteiger partial charge in [0.15, 0.2) is 5.16 Å². The molecule has 0 aliphatic heterocycles. The van der Waals surface area contributed by atoms with Crippen molar-refractivity contribution in [3.05, 3.63) is 47.7 Å². The lowest BCUT2D eigenvalue weighted by Crippen LogP contribution is -2.13. The minimum Gasteiger partial charge on any atom is -0.496 e. The molecule has 3 aromatic rings. The quantitative estimate of drug-likeness (QED) is 0.354. The minimum atomic E-state index is -0.977. The van der Waals surface area contributed by atoms with Crippen LogP contribution >= 0.6 is 11.8 Å². The van der Waals surface area contributed by atoms with Gasteiger partial charge in [-0.1, -0.05) is 42.1 Å². The summed E-state index contributed by atoms with van der Waals surface area (Å²) in [4.78, 5) is 32.6. The maximum atomic E-state index is 12.7. The summed E-state index contributed by atoms with van der Waals surface area (Å²) in [6.07, 6.45) is 0. The first-order valence-corrected chi connectivity index (χ1v) is 9.91. The molecule has 1 aromatic heterocycles. The van der Waals surface area contributed by atoms with Crippen molar-refractivity contribution in [3.63, 3.8) is 0 Å². The predicted molar refractivity (Wildman–Crippen MR) is 111 cm³/mol. The van der Waals surface area contributed by atoms with E-state index in [0.29, 0.717) is 22.7 Å². The van der Waals surface area contributed by atoms with Crippen molar-refractivity contribution in [2.75, 3.05) is 19.5 Å². The Morgan fingerprint density at radius 2 is 1.90 bits per heavy atom. The van der Waals surface area contributed by atoms with Crippen LogP contribution in [0.2, 0.25) is 0 Å². The van der Waals surface area contributed by atoms with Crippen LogP contribution in [0, 0.1) is 6.92 Å². The number of benzene rings is 2. The molecule has 3 rings (SSSR count). The van der Waals surface area contributed by atoms with E-state index in [1.807, 2.05) is 36.4 Å². The van der Waals surface area contributed by atoms with Crippen LogP contribution in [0.5, 0.6) is 5.75 Å². The highest BCUT2D eigenvalue weighted by Crippen LogP contribution is 2.39. The topological polar surface area (TPSA) is 98.6 Å². The third-order valence-electron chi connectivity index (χ3n) is 4.22. The van der Waals surface area contributed by atoms with Gasteiger partial charge < -0.3 is 14.6 Å². The number of aromatic nitrogens is 2. The van der Waals surface area contributed by atoms with Crippen molar-refractivity contribution in [2.45, 2.75) is 19.0 Å². The molecule has 0 aliphatic rings.